The Balaban J connectivity index is 2.03. The molecule has 1 saturated heterocycles. The number of carbonyl (C=O) groups is 3. The molecule has 0 radical (unpaired) electrons. The molecule has 1 N–H and O–H groups in total. The van der Waals surface area contributed by atoms with E-state index in [0.29, 0.717) is 17.9 Å². The van der Waals surface area contributed by atoms with Crippen molar-refractivity contribution in [2.24, 2.45) is 0 Å². The van der Waals surface area contributed by atoms with Gasteiger partial charge in [-0.05, 0) is 61.4 Å². The Bertz CT molecular complexity index is 1190. The summed E-state index contributed by atoms with van der Waals surface area (Å²) in [5, 5.41) is 11.1. The number of amides is 4. The first-order valence-corrected chi connectivity index (χ1v) is 10.6. The minimum absolute atomic E-state index is 0.137. The fourth-order valence-electron chi connectivity index (χ4n) is 3.01. The van der Waals surface area contributed by atoms with E-state index in [9.17, 15) is 14.4 Å². The maximum Gasteiger partial charge on any atom is 0.335 e. The summed E-state index contributed by atoms with van der Waals surface area (Å²) >= 11 is 9.65. The molecule has 3 rings (SSSR count). The van der Waals surface area contributed by atoms with Crippen molar-refractivity contribution in [1.82, 2.24) is 5.32 Å². The van der Waals surface area contributed by atoms with Gasteiger partial charge in [-0.1, -0.05) is 27.5 Å². The monoisotopic (exact) mass is 517 g/mol. The standard InChI is InChI=1S/C22H17BrClN3O5/c1-3-31-18-11-13(10-17(24)19(18)32-7-6-25)9-15-20(28)26-22(30)27(21(15)29)14-4-5-16(23)12(2)8-14/h4-5,8-11H,3,7H2,1-2H3,(H,26,28,30)/b15-9+. The molecule has 2 aromatic rings. The lowest BCUT2D eigenvalue weighted by Gasteiger charge is -2.26. The number of hydrogen-bond acceptors (Lipinski definition) is 6. The van der Waals surface area contributed by atoms with Crippen LogP contribution in [0.5, 0.6) is 11.5 Å². The number of nitriles is 1. The van der Waals surface area contributed by atoms with Crippen molar-refractivity contribution in [3.63, 3.8) is 0 Å². The molecule has 8 nitrogen and oxygen atoms in total. The molecule has 1 aliphatic rings. The molecule has 0 spiro atoms. The van der Waals surface area contributed by atoms with Crippen molar-refractivity contribution in [2.45, 2.75) is 13.8 Å². The molecule has 0 bridgehead atoms. The molecule has 4 amide bonds. The highest BCUT2D eigenvalue weighted by atomic mass is 79.9. The molecular weight excluding hydrogens is 502 g/mol. The van der Waals surface area contributed by atoms with Gasteiger partial charge in [0.15, 0.2) is 18.1 Å². The second-order valence-corrected chi connectivity index (χ2v) is 7.86. The zero-order valence-corrected chi connectivity index (χ0v) is 19.4. The highest BCUT2D eigenvalue weighted by molar-refractivity contribution is 9.10. The predicted molar refractivity (Wildman–Crippen MR) is 122 cm³/mol. The zero-order chi connectivity index (χ0) is 23.4. The van der Waals surface area contributed by atoms with Crippen molar-refractivity contribution < 1.29 is 23.9 Å². The van der Waals surface area contributed by atoms with Gasteiger partial charge < -0.3 is 9.47 Å². The minimum atomic E-state index is -0.841. The van der Waals surface area contributed by atoms with Gasteiger partial charge in [0.1, 0.15) is 11.6 Å². The van der Waals surface area contributed by atoms with E-state index in [1.807, 2.05) is 13.0 Å². The molecule has 10 heteroatoms. The molecule has 0 atom stereocenters. The van der Waals surface area contributed by atoms with E-state index in [0.717, 1.165) is 14.9 Å². The molecule has 2 aromatic carbocycles. The van der Waals surface area contributed by atoms with Gasteiger partial charge in [-0.15, -0.1) is 0 Å². The van der Waals surface area contributed by atoms with E-state index in [4.69, 9.17) is 26.3 Å². The van der Waals surface area contributed by atoms with Gasteiger partial charge in [-0.3, -0.25) is 14.9 Å². The number of anilines is 1. The third kappa shape index (κ3) is 4.77. The fourth-order valence-corrected chi connectivity index (χ4v) is 3.53. The van der Waals surface area contributed by atoms with Crippen LogP contribution in [0.1, 0.15) is 18.1 Å². The number of ether oxygens (including phenoxy) is 2. The maximum atomic E-state index is 13.1. The number of urea groups is 1. The van der Waals surface area contributed by atoms with Crippen LogP contribution >= 0.6 is 27.5 Å². The van der Waals surface area contributed by atoms with Gasteiger partial charge in [0.05, 0.1) is 17.3 Å². The minimum Gasteiger partial charge on any atom is -0.490 e. The lowest BCUT2D eigenvalue weighted by atomic mass is 10.1. The second-order valence-electron chi connectivity index (χ2n) is 6.60. The zero-order valence-electron chi connectivity index (χ0n) is 17.1. The topological polar surface area (TPSA) is 109 Å². The Hall–Kier alpha value is -3.35. The van der Waals surface area contributed by atoms with E-state index in [1.165, 1.54) is 18.2 Å². The van der Waals surface area contributed by atoms with Gasteiger partial charge >= 0.3 is 6.03 Å². The Morgan fingerprint density at radius 2 is 1.97 bits per heavy atom. The Labute approximate surface area is 197 Å². The first-order chi connectivity index (χ1) is 15.3. The van der Waals surface area contributed by atoms with Crippen LogP contribution in [-0.2, 0) is 9.59 Å². The lowest BCUT2D eigenvalue weighted by molar-refractivity contribution is -0.122. The maximum absolute atomic E-state index is 13.1. The third-order valence-electron chi connectivity index (χ3n) is 4.43. The number of nitrogens with zero attached hydrogens (tertiary/aromatic N) is 2. The third-order valence-corrected chi connectivity index (χ3v) is 5.60. The number of imide groups is 2. The van der Waals surface area contributed by atoms with Crippen LogP contribution in [0.2, 0.25) is 5.02 Å². The quantitative estimate of drug-likeness (QED) is 0.449. The molecule has 1 fully saturated rings. The average Bonchev–Trinajstić information content (AvgIpc) is 2.73. The van der Waals surface area contributed by atoms with Crippen LogP contribution in [0, 0.1) is 18.3 Å². The molecule has 0 aromatic heterocycles. The van der Waals surface area contributed by atoms with Crippen LogP contribution in [0.25, 0.3) is 6.08 Å². The fraction of sp³-hybridized carbons (Fsp3) is 0.182. The number of halogens is 2. The number of rotatable bonds is 6. The summed E-state index contributed by atoms with van der Waals surface area (Å²) in [6.07, 6.45) is 1.31. The molecule has 164 valence electrons. The van der Waals surface area contributed by atoms with Gasteiger partial charge in [0.2, 0.25) is 0 Å². The van der Waals surface area contributed by atoms with Gasteiger partial charge in [0, 0.05) is 4.47 Å². The van der Waals surface area contributed by atoms with Crippen LogP contribution in [0.4, 0.5) is 10.5 Å². The molecular formula is C22H17BrClN3O5. The number of carbonyl (C=O) groups excluding carboxylic acids is 3. The molecule has 0 aliphatic carbocycles. The van der Waals surface area contributed by atoms with Crippen molar-refractivity contribution in [3.8, 4) is 17.6 Å². The molecule has 0 saturated carbocycles. The summed E-state index contributed by atoms with van der Waals surface area (Å²) in [5.41, 5.74) is 1.25. The average molecular weight is 519 g/mol. The largest absolute Gasteiger partial charge is 0.490 e. The Morgan fingerprint density at radius 1 is 1.22 bits per heavy atom. The predicted octanol–water partition coefficient (Wildman–Crippen LogP) is 4.38. The van der Waals surface area contributed by atoms with Crippen LogP contribution < -0.4 is 19.7 Å². The number of barbiturate groups is 1. The first-order valence-electron chi connectivity index (χ1n) is 9.40. The molecule has 1 heterocycles. The summed E-state index contributed by atoms with van der Waals surface area (Å²) < 4.78 is 11.7. The Kier molecular flexibility index (Phi) is 7.18. The number of aryl methyl sites for hydroxylation is 1. The summed E-state index contributed by atoms with van der Waals surface area (Å²) in [5.74, 6) is -1.18. The summed E-state index contributed by atoms with van der Waals surface area (Å²) in [7, 11) is 0. The van der Waals surface area contributed by atoms with E-state index < -0.39 is 17.8 Å². The van der Waals surface area contributed by atoms with E-state index >= 15 is 0 Å². The van der Waals surface area contributed by atoms with Gasteiger partial charge in [0.25, 0.3) is 11.8 Å². The van der Waals surface area contributed by atoms with Crippen molar-refractivity contribution in [1.29, 1.82) is 5.26 Å². The van der Waals surface area contributed by atoms with E-state index in [-0.39, 0.29) is 28.7 Å². The lowest BCUT2D eigenvalue weighted by Crippen LogP contribution is -2.54. The van der Waals surface area contributed by atoms with Crippen LogP contribution in [0.15, 0.2) is 40.4 Å². The number of nitrogens with one attached hydrogen (secondary N) is 1. The Morgan fingerprint density at radius 3 is 2.62 bits per heavy atom. The SMILES string of the molecule is CCOc1cc(/C=C2\C(=O)NC(=O)N(c3ccc(Br)c(C)c3)C2=O)cc(Cl)c1OCC#N. The molecule has 1 aliphatic heterocycles. The highest BCUT2D eigenvalue weighted by Crippen LogP contribution is 2.37. The summed E-state index contributed by atoms with van der Waals surface area (Å²) in [6.45, 7) is 3.64. The van der Waals surface area contributed by atoms with Gasteiger partial charge in [-0.2, -0.15) is 5.26 Å². The highest BCUT2D eigenvalue weighted by Gasteiger charge is 2.37. The van der Waals surface area contributed by atoms with E-state index in [1.54, 1.807) is 25.1 Å². The van der Waals surface area contributed by atoms with Crippen molar-refractivity contribution in [3.05, 3.63) is 56.5 Å². The van der Waals surface area contributed by atoms with E-state index in [2.05, 4.69) is 21.2 Å². The summed E-state index contributed by atoms with van der Waals surface area (Å²) in [4.78, 5) is 38.8. The molecule has 0 unspecified atom stereocenters. The van der Waals surface area contributed by atoms with Crippen molar-refractivity contribution >= 4 is 57.1 Å². The van der Waals surface area contributed by atoms with Crippen LogP contribution in [0.3, 0.4) is 0 Å². The number of hydrogen-bond donors (Lipinski definition) is 1. The van der Waals surface area contributed by atoms with Crippen LogP contribution in [-0.4, -0.2) is 31.1 Å². The number of benzene rings is 2. The first kappa shape index (κ1) is 23.3. The molecule has 32 heavy (non-hydrogen) atoms. The van der Waals surface area contributed by atoms with Gasteiger partial charge in [-0.25, -0.2) is 9.69 Å². The van der Waals surface area contributed by atoms with Crippen molar-refractivity contribution in [2.75, 3.05) is 18.1 Å². The summed E-state index contributed by atoms with van der Waals surface area (Å²) in [6, 6.07) is 8.96. The second kappa shape index (κ2) is 9.85. The smallest absolute Gasteiger partial charge is 0.335 e. The normalized spacial score (nSPS) is 14.9.